The van der Waals surface area contributed by atoms with Crippen molar-refractivity contribution in [1.29, 1.82) is 0 Å². The fourth-order valence-electron chi connectivity index (χ4n) is 3.00. The highest BCUT2D eigenvalue weighted by atomic mass is 32.1. The maximum Gasteiger partial charge on any atom is 0.121 e. The lowest BCUT2D eigenvalue weighted by molar-refractivity contribution is 0.162. The van der Waals surface area contributed by atoms with Crippen LogP contribution in [-0.4, -0.2) is 28.3 Å². The molecule has 0 bridgehead atoms. The summed E-state index contributed by atoms with van der Waals surface area (Å²) in [5, 5.41) is 19.0. The molecule has 184 valence electrons. The second-order valence-electron chi connectivity index (χ2n) is 7.14. The third-order valence-corrected chi connectivity index (χ3v) is 6.37. The minimum Gasteiger partial charge on any atom is -0.386 e. The van der Waals surface area contributed by atoms with E-state index in [9.17, 15) is 5.11 Å². The molecule has 2 atom stereocenters. The first-order chi connectivity index (χ1) is 17.2. The average molecular weight is 510 g/mol. The fraction of sp³-hybridized carbons (Fsp3) is 0.308. The van der Waals surface area contributed by atoms with E-state index in [4.69, 9.17) is 10.3 Å². The number of thiazole rings is 2. The number of rotatable bonds is 9. The van der Waals surface area contributed by atoms with Crippen LogP contribution in [-0.2, 0) is 17.6 Å². The monoisotopic (exact) mass is 509 g/mol. The van der Waals surface area contributed by atoms with Crippen molar-refractivity contribution in [3.8, 4) is 0 Å². The highest BCUT2D eigenvalue weighted by molar-refractivity contribution is 7.09. The average Bonchev–Trinajstić information content (AvgIpc) is 3.62. The summed E-state index contributed by atoms with van der Waals surface area (Å²) in [6.45, 7) is 5.67. The Labute approximate surface area is 214 Å². The lowest BCUT2D eigenvalue weighted by Crippen LogP contribution is -2.00. The Kier molecular flexibility index (Phi) is 14.0. The molecule has 0 aliphatic rings. The van der Waals surface area contributed by atoms with E-state index >= 15 is 0 Å². The van der Waals surface area contributed by atoms with Gasteiger partial charge in [-0.3, -0.25) is 0 Å². The molecule has 0 spiro atoms. The van der Waals surface area contributed by atoms with Gasteiger partial charge in [0, 0.05) is 47.7 Å². The Morgan fingerprint density at radius 1 is 0.857 bits per heavy atom. The van der Waals surface area contributed by atoms with Gasteiger partial charge in [-0.05, 0) is 36.9 Å². The highest BCUT2D eigenvalue weighted by Crippen LogP contribution is 2.24. The molecule has 0 unspecified atom stereocenters. The molecule has 35 heavy (non-hydrogen) atoms. The normalized spacial score (nSPS) is 11.6. The summed E-state index contributed by atoms with van der Waals surface area (Å²) in [5.41, 5.74) is 10.8. The number of aliphatic hydroxyl groups excluding tert-OH is 1. The van der Waals surface area contributed by atoms with Gasteiger partial charge in [-0.25, -0.2) is 9.97 Å². The first-order valence-corrected chi connectivity index (χ1v) is 13.1. The molecule has 1 N–H and O–H groups in total. The molecular formula is C26H31N5O2S2. The van der Waals surface area contributed by atoms with Crippen molar-refractivity contribution in [2.24, 2.45) is 5.11 Å². The lowest BCUT2D eigenvalue weighted by Gasteiger charge is -2.07. The van der Waals surface area contributed by atoms with E-state index in [1.807, 2.05) is 85.3 Å². The molecule has 9 heteroatoms. The topological polar surface area (TPSA) is 104 Å². The van der Waals surface area contributed by atoms with Crippen LogP contribution in [0.25, 0.3) is 10.4 Å². The number of nitrogens with zero attached hydrogens (tertiary/aromatic N) is 5. The quantitative estimate of drug-likeness (QED) is 0.146. The van der Waals surface area contributed by atoms with Crippen LogP contribution < -0.4 is 0 Å². The van der Waals surface area contributed by atoms with E-state index in [1.165, 1.54) is 22.7 Å². The van der Waals surface area contributed by atoms with Crippen molar-refractivity contribution in [2.45, 2.75) is 38.8 Å². The third-order valence-electron chi connectivity index (χ3n) is 4.62. The number of azide groups is 1. The maximum atomic E-state index is 9.81. The molecule has 2 aromatic heterocycles. The summed E-state index contributed by atoms with van der Waals surface area (Å²) in [6, 6.07) is 19.7. The Bertz CT molecular complexity index is 1070. The van der Waals surface area contributed by atoms with Gasteiger partial charge < -0.3 is 9.84 Å². The van der Waals surface area contributed by atoms with E-state index in [2.05, 4.69) is 20.0 Å². The van der Waals surface area contributed by atoms with E-state index in [0.717, 1.165) is 34.4 Å². The van der Waals surface area contributed by atoms with Crippen LogP contribution in [0.4, 0.5) is 0 Å². The molecule has 0 aliphatic heterocycles. The van der Waals surface area contributed by atoms with Gasteiger partial charge in [0.25, 0.3) is 0 Å². The third kappa shape index (κ3) is 11.3. The number of benzene rings is 2. The molecule has 7 nitrogen and oxygen atoms in total. The van der Waals surface area contributed by atoms with Gasteiger partial charge in [0.1, 0.15) is 16.1 Å². The Morgan fingerprint density at radius 2 is 1.37 bits per heavy atom. The van der Waals surface area contributed by atoms with Crippen molar-refractivity contribution in [1.82, 2.24) is 9.97 Å². The first-order valence-electron chi connectivity index (χ1n) is 11.3. The molecule has 4 aromatic rings. The smallest absolute Gasteiger partial charge is 0.121 e. The zero-order valence-corrected chi connectivity index (χ0v) is 21.6. The van der Waals surface area contributed by atoms with Gasteiger partial charge >= 0.3 is 0 Å². The zero-order chi connectivity index (χ0) is 25.1. The van der Waals surface area contributed by atoms with E-state index in [0.29, 0.717) is 12.8 Å². The van der Waals surface area contributed by atoms with Crippen molar-refractivity contribution in [3.05, 3.63) is 115 Å². The number of hydrogen-bond donors (Lipinski definition) is 1. The highest BCUT2D eigenvalue weighted by Gasteiger charge is 2.12. The van der Waals surface area contributed by atoms with Crippen LogP contribution in [0.2, 0.25) is 0 Å². The second kappa shape index (κ2) is 17.4. The minimum atomic E-state index is -0.475. The van der Waals surface area contributed by atoms with Gasteiger partial charge in [-0.2, -0.15) is 0 Å². The number of aliphatic hydroxyl groups is 1. The van der Waals surface area contributed by atoms with Crippen molar-refractivity contribution in [3.63, 3.8) is 0 Å². The SMILES string of the molecule is CCOCC.O[C@H](Cc1ccccc1)c1nccs1.[N-]=[N+]=N[C@@H](Cc1ccccc1)c1nccs1. The molecule has 0 aliphatic carbocycles. The Morgan fingerprint density at radius 3 is 1.80 bits per heavy atom. The molecule has 0 amide bonds. The molecule has 4 rings (SSSR count). The van der Waals surface area contributed by atoms with Crippen molar-refractivity contribution >= 4 is 22.7 Å². The van der Waals surface area contributed by atoms with E-state index in [1.54, 1.807) is 12.4 Å². The molecule has 0 saturated carbocycles. The van der Waals surface area contributed by atoms with E-state index < -0.39 is 6.10 Å². The van der Waals surface area contributed by atoms with Crippen LogP contribution in [0.5, 0.6) is 0 Å². The maximum absolute atomic E-state index is 9.81. The van der Waals surface area contributed by atoms with Gasteiger partial charge in [-0.15, -0.1) is 22.7 Å². The van der Waals surface area contributed by atoms with Gasteiger partial charge in [0.05, 0.1) is 6.04 Å². The van der Waals surface area contributed by atoms with Crippen LogP contribution in [0.3, 0.4) is 0 Å². The van der Waals surface area contributed by atoms with Gasteiger partial charge in [0.15, 0.2) is 0 Å². The Hall–Kier alpha value is -3.07. The number of hydrogen-bond acceptors (Lipinski definition) is 7. The first kappa shape index (κ1) is 28.2. The number of ether oxygens (including phenoxy) is 1. The molecule has 2 aromatic carbocycles. The second-order valence-corrected chi connectivity index (χ2v) is 8.99. The summed E-state index contributed by atoms with van der Waals surface area (Å²) in [6.07, 6.45) is 4.30. The van der Waals surface area contributed by atoms with Gasteiger partial charge in [0.2, 0.25) is 0 Å². The van der Waals surface area contributed by atoms with Crippen molar-refractivity contribution < 1.29 is 9.84 Å². The molecular weight excluding hydrogens is 478 g/mol. The minimum absolute atomic E-state index is 0.201. The largest absolute Gasteiger partial charge is 0.386 e. The van der Waals surface area contributed by atoms with Crippen molar-refractivity contribution in [2.75, 3.05) is 13.2 Å². The van der Waals surface area contributed by atoms with Gasteiger partial charge in [-0.1, -0.05) is 65.8 Å². The summed E-state index contributed by atoms with van der Waals surface area (Å²) in [7, 11) is 0. The predicted octanol–water partition coefficient (Wildman–Crippen LogP) is 7.20. The summed E-state index contributed by atoms with van der Waals surface area (Å²) >= 11 is 3.00. The fourth-order valence-corrected chi connectivity index (χ4v) is 4.30. The number of aromatic nitrogens is 2. The molecule has 2 heterocycles. The predicted molar refractivity (Wildman–Crippen MR) is 144 cm³/mol. The van der Waals surface area contributed by atoms with Crippen LogP contribution in [0.15, 0.2) is 88.9 Å². The zero-order valence-electron chi connectivity index (χ0n) is 20.0. The summed E-state index contributed by atoms with van der Waals surface area (Å²) in [4.78, 5) is 11.1. The summed E-state index contributed by atoms with van der Waals surface area (Å²) < 4.78 is 4.83. The summed E-state index contributed by atoms with van der Waals surface area (Å²) in [5.74, 6) is 0. The molecule has 0 saturated heterocycles. The molecule has 0 radical (unpaired) electrons. The van der Waals surface area contributed by atoms with Crippen LogP contribution in [0, 0.1) is 0 Å². The Balaban J connectivity index is 0.000000209. The lowest BCUT2D eigenvalue weighted by atomic mass is 10.1. The van der Waals surface area contributed by atoms with Crippen LogP contribution >= 0.6 is 22.7 Å². The standard InChI is InChI=1S/C11H10N4S.C11H11NOS.C4H10O/c12-15-14-10(11-13-6-7-16-11)8-9-4-2-1-3-5-9;13-10(11-12-6-7-14-11)8-9-4-2-1-3-5-9;1-3-5-4-2/h1-7,10H,8H2;1-7,10,13H,8H2;3-4H2,1-2H3/t2*10-;/m01./s1. The van der Waals surface area contributed by atoms with Crippen LogP contribution in [0.1, 0.15) is 47.1 Å². The van der Waals surface area contributed by atoms with E-state index in [-0.39, 0.29) is 6.04 Å². The molecule has 0 fully saturated rings.